The number of hydrogen-bond acceptors (Lipinski definition) is 2. The van der Waals surface area contributed by atoms with E-state index < -0.39 is 0 Å². The number of nitrogens with one attached hydrogen (secondary N) is 1. The van der Waals surface area contributed by atoms with E-state index in [0.717, 1.165) is 18.5 Å². The molecule has 0 atom stereocenters. The van der Waals surface area contributed by atoms with E-state index in [1.54, 1.807) is 0 Å². The van der Waals surface area contributed by atoms with Crippen molar-refractivity contribution in [3.8, 4) is 0 Å². The standard InChI is InChI=1S/C19H28N2O2/c1-5-17(22)21-12-10-14(11-13-21)18(23)20-16-8-6-15(7-9-16)19(2,3)4/h6-9,14H,5,10-13H2,1-4H3,(H,20,23). The van der Waals surface area contributed by atoms with Gasteiger partial charge in [0.05, 0.1) is 0 Å². The van der Waals surface area contributed by atoms with Gasteiger partial charge in [-0.1, -0.05) is 39.8 Å². The fraction of sp³-hybridized carbons (Fsp3) is 0.579. The van der Waals surface area contributed by atoms with Gasteiger partial charge >= 0.3 is 0 Å². The highest BCUT2D eigenvalue weighted by atomic mass is 16.2. The highest BCUT2D eigenvalue weighted by molar-refractivity contribution is 5.92. The Hall–Kier alpha value is -1.84. The molecule has 2 rings (SSSR count). The van der Waals surface area contributed by atoms with Crippen LogP contribution in [-0.2, 0) is 15.0 Å². The molecular formula is C19H28N2O2. The molecule has 0 radical (unpaired) electrons. The van der Waals surface area contributed by atoms with Crippen LogP contribution in [0.15, 0.2) is 24.3 Å². The Morgan fingerprint density at radius 3 is 2.17 bits per heavy atom. The van der Waals surface area contributed by atoms with Crippen molar-refractivity contribution in [2.24, 2.45) is 5.92 Å². The molecule has 0 spiro atoms. The van der Waals surface area contributed by atoms with Gasteiger partial charge in [0, 0.05) is 31.1 Å². The van der Waals surface area contributed by atoms with Crippen molar-refractivity contribution in [3.05, 3.63) is 29.8 Å². The van der Waals surface area contributed by atoms with E-state index in [1.165, 1.54) is 5.56 Å². The van der Waals surface area contributed by atoms with Crippen molar-refractivity contribution in [1.29, 1.82) is 0 Å². The van der Waals surface area contributed by atoms with Gasteiger partial charge in [-0.25, -0.2) is 0 Å². The molecule has 0 bridgehead atoms. The average molecular weight is 316 g/mol. The first-order valence-corrected chi connectivity index (χ1v) is 8.50. The third-order valence-electron chi connectivity index (χ3n) is 4.54. The Bertz CT molecular complexity index is 550. The lowest BCUT2D eigenvalue weighted by Gasteiger charge is -2.31. The molecule has 1 fully saturated rings. The summed E-state index contributed by atoms with van der Waals surface area (Å²) in [7, 11) is 0. The van der Waals surface area contributed by atoms with E-state index in [-0.39, 0.29) is 23.1 Å². The molecule has 1 N–H and O–H groups in total. The molecule has 0 saturated carbocycles. The largest absolute Gasteiger partial charge is 0.343 e. The minimum absolute atomic E-state index is 0.00167. The summed E-state index contributed by atoms with van der Waals surface area (Å²) in [5, 5.41) is 3.01. The van der Waals surface area contributed by atoms with E-state index >= 15 is 0 Å². The molecule has 1 saturated heterocycles. The van der Waals surface area contributed by atoms with Crippen LogP contribution in [0.4, 0.5) is 5.69 Å². The van der Waals surface area contributed by atoms with E-state index in [4.69, 9.17) is 0 Å². The smallest absolute Gasteiger partial charge is 0.227 e. The zero-order valence-corrected chi connectivity index (χ0v) is 14.7. The number of carbonyl (C=O) groups excluding carboxylic acids is 2. The number of nitrogens with zero attached hydrogens (tertiary/aromatic N) is 1. The van der Waals surface area contributed by atoms with Gasteiger partial charge in [-0.15, -0.1) is 0 Å². The minimum atomic E-state index is -0.00167. The van der Waals surface area contributed by atoms with Crippen LogP contribution in [0.3, 0.4) is 0 Å². The quantitative estimate of drug-likeness (QED) is 0.926. The molecule has 0 unspecified atom stereocenters. The molecule has 0 aromatic heterocycles. The molecule has 1 aliphatic heterocycles. The summed E-state index contributed by atoms with van der Waals surface area (Å²) in [5.74, 6) is 0.247. The van der Waals surface area contributed by atoms with Gasteiger partial charge in [-0.05, 0) is 36.0 Å². The van der Waals surface area contributed by atoms with Gasteiger partial charge in [0.1, 0.15) is 0 Å². The summed E-state index contributed by atoms with van der Waals surface area (Å²) in [6, 6.07) is 8.07. The second-order valence-corrected chi connectivity index (χ2v) is 7.33. The van der Waals surface area contributed by atoms with Gasteiger partial charge in [0.2, 0.25) is 11.8 Å². The molecule has 1 heterocycles. The SMILES string of the molecule is CCC(=O)N1CCC(C(=O)Nc2ccc(C(C)(C)C)cc2)CC1. The third kappa shape index (κ3) is 4.57. The van der Waals surface area contributed by atoms with Crippen molar-refractivity contribution >= 4 is 17.5 Å². The van der Waals surface area contributed by atoms with Crippen LogP contribution in [0.5, 0.6) is 0 Å². The van der Waals surface area contributed by atoms with Gasteiger partial charge in [-0.3, -0.25) is 9.59 Å². The first kappa shape index (κ1) is 17.5. The normalized spacial score (nSPS) is 16.3. The second kappa shape index (κ2) is 7.16. The first-order chi connectivity index (χ1) is 10.8. The highest BCUT2D eigenvalue weighted by Gasteiger charge is 2.26. The zero-order chi connectivity index (χ0) is 17.0. The number of amides is 2. The lowest BCUT2D eigenvalue weighted by atomic mass is 9.87. The number of anilines is 1. The Labute approximate surface area is 139 Å². The molecule has 1 aliphatic rings. The summed E-state index contributed by atoms with van der Waals surface area (Å²) < 4.78 is 0. The predicted octanol–water partition coefficient (Wildman–Crippen LogP) is 3.57. The van der Waals surface area contributed by atoms with E-state index in [2.05, 4.69) is 38.2 Å². The second-order valence-electron chi connectivity index (χ2n) is 7.33. The van der Waals surface area contributed by atoms with Crippen molar-refractivity contribution < 1.29 is 9.59 Å². The molecule has 4 heteroatoms. The van der Waals surface area contributed by atoms with Crippen molar-refractivity contribution in [1.82, 2.24) is 4.90 Å². The van der Waals surface area contributed by atoms with Crippen LogP contribution >= 0.6 is 0 Å². The number of piperidine rings is 1. The molecule has 0 aliphatic carbocycles. The number of benzene rings is 1. The maximum absolute atomic E-state index is 12.4. The Morgan fingerprint density at radius 2 is 1.70 bits per heavy atom. The molecular weight excluding hydrogens is 288 g/mol. The fourth-order valence-corrected chi connectivity index (χ4v) is 2.91. The average Bonchev–Trinajstić information content (AvgIpc) is 2.54. The fourth-order valence-electron chi connectivity index (χ4n) is 2.91. The van der Waals surface area contributed by atoms with Gasteiger partial charge in [0.15, 0.2) is 0 Å². The lowest BCUT2D eigenvalue weighted by molar-refractivity contribution is -0.134. The highest BCUT2D eigenvalue weighted by Crippen LogP contribution is 2.24. The van der Waals surface area contributed by atoms with Crippen LogP contribution in [0.25, 0.3) is 0 Å². The van der Waals surface area contributed by atoms with E-state index in [1.807, 2.05) is 24.0 Å². The maximum atomic E-state index is 12.4. The van der Waals surface area contributed by atoms with Crippen LogP contribution in [0.2, 0.25) is 0 Å². The van der Waals surface area contributed by atoms with Gasteiger partial charge < -0.3 is 10.2 Å². The maximum Gasteiger partial charge on any atom is 0.227 e. The minimum Gasteiger partial charge on any atom is -0.343 e. The Kier molecular flexibility index (Phi) is 5.45. The van der Waals surface area contributed by atoms with Crippen molar-refractivity contribution in [3.63, 3.8) is 0 Å². The van der Waals surface area contributed by atoms with E-state index in [9.17, 15) is 9.59 Å². The van der Waals surface area contributed by atoms with Crippen molar-refractivity contribution in [2.75, 3.05) is 18.4 Å². The first-order valence-electron chi connectivity index (χ1n) is 8.50. The summed E-state index contributed by atoms with van der Waals surface area (Å²) in [4.78, 5) is 25.9. The third-order valence-corrected chi connectivity index (χ3v) is 4.54. The Balaban J connectivity index is 1.89. The Morgan fingerprint density at radius 1 is 1.13 bits per heavy atom. The van der Waals surface area contributed by atoms with E-state index in [0.29, 0.717) is 19.5 Å². The summed E-state index contributed by atoms with van der Waals surface area (Å²) in [5.41, 5.74) is 2.21. The van der Waals surface area contributed by atoms with Crippen molar-refractivity contribution in [2.45, 2.75) is 52.4 Å². The number of carbonyl (C=O) groups is 2. The molecule has 2 amide bonds. The zero-order valence-electron chi connectivity index (χ0n) is 14.7. The predicted molar refractivity (Wildman–Crippen MR) is 93.4 cm³/mol. The van der Waals surface area contributed by atoms with Crippen LogP contribution in [0.1, 0.15) is 52.5 Å². The van der Waals surface area contributed by atoms with Gasteiger partial charge in [0.25, 0.3) is 0 Å². The van der Waals surface area contributed by atoms with Gasteiger partial charge in [-0.2, -0.15) is 0 Å². The van der Waals surface area contributed by atoms with Crippen LogP contribution in [-0.4, -0.2) is 29.8 Å². The monoisotopic (exact) mass is 316 g/mol. The molecule has 1 aromatic rings. The molecule has 126 valence electrons. The number of likely N-dealkylation sites (tertiary alicyclic amines) is 1. The summed E-state index contributed by atoms with van der Waals surface area (Å²) >= 11 is 0. The van der Waals surface area contributed by atoms with Crippen LogP contribution in [0, 0.1) is 5.92 Å². The molecule has 1 aromatic carbocycles. The lowest BCUT2D eigenvalue weighted by Crippen LogP contribution is -2.41. The summed E-state index contributed by atoms with van der Waals surface area (Å²) in [6.45, 7) is 9.77. The van der Waals surface area contributed by atoms with Crippen LogP contribution < -0.4 is 5.32 Å². The topological polar surface area (TPSA) is 49.4 Å². The summed E-state index contributed by atoms with van der Waals surface area (Å²) in [6.07, 6.45) is 2.03. The number of hydrogen-bond donors (Lipinski definition) is 1. The number of rotatable bonds is 3. The molecule has 23 heavy (non-hydrogen) atoms. The molecule has 4 nitrogen and oxygen atoms in total.